The summed E-state index contributed by atoms with van der Waals surface area (Å²) < 4.78 is 0. The van der Waals surface area contributed by atoms with Gasteiger partial charge in [0, 0.05) is 12.6 Å². The number of benzene rings is 1. The fourth-order valence-electron chi connectivity index (χ4n) is 2.43. The number of aromatic hydroxyl groups is 1. The van der Waals surface area contributed by atoms with Crippen molar-refractivity contribution in [2.45, 2.75) is 25.4 Å². The lowest BCUT2D eigenvalue weighted by Crippen LogP contribution is -2.40. The fraction of sp³-hybridized carbons (Fsp3) is 0.500. The second-order valence-corrected chi connectivity index (χ2v) is 4.85. The highest BCUT2D eigenvalue weighted by Crippen LogP contribution is 2.19. The Morgan fingerprint density at radius 1 is 1.44 bits per heavy atom. The highest BCUT2D eigenvalue weighted by Gasteiger charge is 2.17. The van der Waals surface area contributed by atoms with Gasteiger partial charge in [0.15, 0.2) is 6.29 Å². The van der Waals surface area contributed by atoms with E-state index in [1.165, 1.54) is 0 Å². The average Bonchev–Trinajstić information content (AvgIpc) is 2.42. The summed E-state index contributed by atoms with van der Waals surface area (Å²) >= 11 is 0. The van der Waals surface area contributed by atoms with Gasteiger partial charge < -0.3 is 10.4 Å². The van der Waals surface area contributed by atoms with Crippen LogP contribution in [-0.4, -0.2) is 42.5 Å². The van der Waals surface area contributed by atoms with E-state index in [0.29, 0.717) is 17.9 Å². The molecule has 0 saturated carbocycles. The highest BCUT2D eigenvalue weighted by molar-refractivity contribution is 5.79. The number of likely N-dealkylation sites (tertiary alicyclic amines) is 1. The van der Waals surface area contributed by atoms with Crippen LogP contribution in [0, 0.1) is 0 Å². The molecule has 1 fully saturated rings. The highest BCUT2D eigenvalue weighted by atomic mass is 16.3. The number of hydrogen-bond acceptors (Lipinski definition) is 4. The third-order valence-corrected chi connectivity index (χ3v) is 3.62. The van der Waals surface area contributed by atoms with Crippen molar-refractivity contribution in [2.75, 3.05) is 20.1 Å². The van der Waals surface area contributed by atoms with Crippen LogP contribution in [0.15, 0.2) is 18.2 Å². The van der Waals surface area contributed by atoms with Crippen LogP contribution >= 0.6 is 0 Å². The van der Waals surface area contributed by atoms with Gasteiger partial charge in [-0.05, 0) is 50.7 Å². The van der Waals surface area contributed by atoms with Crippen LogP contribution in [0.25, 0.3) is 0 Å². The number of nitrogens with zero attached hydrogens (tertiary/aromatic N) is 1. The molecule has 0 radical (unpaired) electrons. The predicted molar refractivity (Wildman–Crippen MR) is 70.9 cm³/mol. The molecule has 0 aromatic heterocycles. The lowest BCUT2D eigenvalue weighted by molar-refractivity contribution is 0.112. The lowest BCUT2D eigenvalue weighted by atomic mass is 10.0. The van der Waals surface area contributed by atoms with Gasteiger partial charge in [0.25, 0.3) is 0 Å². The zero-order chi connectivity index (χ0) is 13.0. The molecule has 18 heavy (non-hydrogen) atoms. The number of piperidine rings is 1. The van der Waals surface area contributed by atoms with Gasteiger partial charge in [0.1, 0.15) is 5.75 Å². The number of phenolic OH excluding ortho intramolecular Hbond substituents is 1. The summed E-state index contributed by atoms with van der Waals surface area (Å²) in [6.07, 6.45) is 3.02. The molecular weight excluding hydrogens is 228 g/mol. The molecule has 0 spiro atoms. The molecule has 4 nitrogen and oxygen atoms in total. The molecular formula is C14H20N2O2. The van der Waals surface area contributed by atoms with Crippen LogP contribution in [-0.2, 0) is 6.54 Å². The van der Waals surface area contributed by atoms with Gasteiger partial charge in [-0.2, -0.15) is 0 Å². The van der Waals surface area contributed by atoms with Crippen molar-refractivity contribution in [1.29, 1.82) is 0 Å². The van der Waals surface area contributed by atoms with Gasteiger partial charge in [-0.3, -0.25) is 9.69 Å². The van der Waals surface area contributed by atoms with Crippen molar-refractivity contribution in [3.63, 3.8) is 0 Å². The van der Waals surface area contributed by atoms with Gasteiger partial charge >= 0.3 is 0 Å². The minimum atomic E-state index is 0.0580. The zero-order valence-electron chi connectivity index (χ0n) is 10.7. The van der Waals surface area contributed by atoms with Crippen molar-refractivity contribution in [3.05, 3.63) is 29.3 Å². The van der Waals surface area contributed by atoms with E-state index in [1.807, 2.05) is 13.1 Å². The van der Waals surface area contributed by atoms with Crippen molar-refractivity contribution in [1.82, 2.24) is 10.2 Å². The first-order valence-corrected chi connectivity index (χ1v) is 6.39. The Morgan fingerprint density at radius 3 is 2.78 bits per heavy atom. The molecule has 2 rings (SSSR count). The minimum absolute atomic E-state index is 0.0580. The smallest absolute Gasteiger partial charge is 0.153 e. The van der Waals surface area contributed by atoms with E-state index in [4.69, 9.17) is 0 Å². The van der Waals surface area contributed by atoms with E-state index < -0.39 is 0 Å². The van der Waals surface area contributed by atoms with Crippen LogP contribution < -0.4 is 5.32 Å². The largest absolute Gasteiger partial charge is 0.507 e. The molecule has 98 valence electrons. The van der Waals surface area contributed by atoms with E-state index in [2.05, 4.69) is 10.2 Å². The second kappa shape index (κ2) is 5.98. The number of carbonyl (C=O) groups is 1. The first-order valence-electron chi connectivity index (χ1n) is 6.39. The normalized spacial score (nSPS) is 17.8. The number of nitrogens with one attached hydrogen (secondary N) is 1. The van der Waals surface area contributed by atoms with Gasteiger partial charge in [-0.25, -0.2) is 0 Å². The Kier molecular flexibility index (Phi) is 4.33. The number of carbonyl (C=O) groups excluding carboxylic acids is 1. The zero-order valence-corrected chi connectivity index (χ0v) is 10.7. The molecule has 1 aromatic rings. The summed E-state index contributed by atoms with van der Waals surface area (Å²) in [7, 11) is 2.01. The fourth-order valence-corrected chi connectivity index (χ4v) is 2.43. The van der Waals surface area contributed by atoms with Gasteiger partial charge in [-0.1, -0.05) is 6.07 Å². The molecule has 1 aromatic carbocycles. The average molecular weight is 248 g/mol. The number of aldehydes is 1. The Hall–Kier alpha value is -1.39. The quantitative estimate of drug-likeness (QED) is 0.791. The number of hydrogen-bond donors (Lipinski definition) is 2. The molecule has 2 N–H and O–H groups in total. The van der Waals surface area contributed by atoms with Crippen molar-refractivity contribution >= 4 is 6.29 Å². The van der Waals surface area contributed by atoms with E-state index in [-0.39, 0.29) is 5.75 Å². The Balaban J connectivity index is 1.96. The molecule has 0 bridgehead atoms. The molecule has 1 aliphatic rings. The monoisotopic (exact) mass is 248 g/mol. The van der Waals surface area contributed by atoms with Crippen LogP contribution in [0.4, 0.5) is 0 Å². The summed E-state index contributed by atoms with van der Waals surface area (Å²) in [6, 6.07) is 5.88. The summed E-state index contributed by atoms with van der Waals surface area (Å²) in [5.41, 5.74) is 1.45. The SMILES string of the molecule is CNC1CCN(Cc2ccc(O)c(C=O)c2)CC1. The summed E-state index contributed by atoms with van der Waals surface area (Å²) in [5, 5.41) is 12.8. The van der Waals surface area contributed by atoms with Gasteiger partial charge in [0.05, 0.1) is 5.56 Å². The van der Waals surface area contributed by atoms with Crippen LogP contribution in [0.3, 0.4) is 0 Å². The minimum Gasteiger partial charge on any atom is -0.507 e. The van der Waals surface area contributed by atoms with E-state index >= 15 is 0 Å². The third kappa shape index (κ3) is 3.09. The third-order valence-electron chi connectivity index (χ3n) is 3.62. The molecule has 4 heteroatoms. The Labute approximate surface area is 108 Å². The van der Waals surface area contributed by atoms with Crippen LogP contribution in [0.5, 0.6) is 5.75 Å². The van der Waals surface area contributed by atoms with E-state index in [1.54, 1.807) is 12.1 Å². The summed E-state index contributed by atoms with van der Waals surface area (Å²) in [6.45, 7) is 2.99. The molecule has 0 aliphatic carbocycles. The van der Waals surface area contributed by atoms with Crippen LogP contribution in [0.1, 0.15) is 28.8 Å². The van der Waals surface area contributed by atoms with Crippen molar-refractivity contribution in [2.24, 2.45) is 0 Å². The topological polar surface area (TPSA) is 52.6 Å². The molecule has 0 atom stereocenters. The predicted octanol–water partition coefficient (Wildman–Crippen LogP) is 1.39. The summed E-state index contributed by atoms with van der Waals surface area (Å²) in [5.74, 6) is 0.0580. The Bertz CT molecular complexity index is 412. The standard InChI is InChI=1S/C14H20N2O2/c1-15-13-4-6-16(7-5-13)9-11-2-3-14(18)12(8-11)10-17/h2-3,8,10,13,15,18H,4-7,9H2,1H3. The number of rotatable bonds is 4. The number of phenols is 1. The maximum atomic E-state index is 10.8. The first-order chi connectivity index (χ1) is 8.72. The Morgan fingerprint density at radius 2 is 2.17 bits per heavy atom. The maximum Gasteiger partial charge on any atom is 0.153 e. The molecule has 1 heterocycles. The summed E-state index contributed by atoms with van der Waals surface area (Å²) in [4.78, 5) is 13.2. The maximum absolute atomic E-state index is 10.8. The van der Waals surface area contributed by atoms with Crippen LogP contribution in [0.2, 0.25) is 0 Å². The lowest BCUT2D eigenvalue weighted by Gasteiger charge is -2.31. The molecule has 1 saturated heterocycles. The van der Waals surface area contributed by atoms with Crippen molar-refractivity contribution < 1.29 is 9.90 Å². The van der Waals surface area contributed by atoms with E-state index in [9.17, 15) is 9.90 Å². The second-order valence-electron chi connectivity index (χ2n) is 4.85. The van der Waals surface area contributed by atoms with Crippen molar-refractivity contribution in [3.8, 4) is 5.75 Å². The van der Waals surface area contributed by atoms with E-state index in [0.717, 1.165) is 38.0 Å². The molecule has 0 unspecified atom stereocenters. The molecule has 0 amide bonds. The first kappa shape index (κ1) is 13.1. The van der Waals surface area contributed by atoms with Gasteiger partial charge in [-0.15, -0.1) is 0 Å². The molecule has 1 aliphatic heterocycles. The van der Waals surface area contributed by atoms with Gasteiger partial charge in [0.2, 0.25) is 0 Å².